The van der Waals surface area contributed by atoms with Gasteiger partial charge < -0.3 is 15.2 Å². The maximum absolute atomic E-state index is 12.4. The fourth-order valence-electron chi connectivity index (χ4n) is 3.10. The van der Waals surface area contributed by atoms with Gasteiger partial charge in [-0.2, -0.15) is 0 Å². The number of para-hydroxylation sites is 1. The number of carboxylic acid groups (broad SMARTS) is 1. The predicted octanol–water partition coefficient (Wildman–Crippen LogP) is 2.16. The summed E-state index contributed by atoms with van der Waals surface area (Å²) in [6.45, 7) is 0. The van der Waals surface area contributed by atoms with Gasteiger partial charge >= 0.3 is 5.97 Å². The molecule has 0 aliphatic carbocycles. The molecule has 0 spiro atoms. The van der Waals surface area contributed by atoms with Crippen LogP contribution in [0.2, 0.25) is 5.02 Å². The number of hydrogen-bond donors (Lipinski definition) is 2. The van der Waals surface area contributed by atoms with Gasteiger partial charge in [0.1, 0.15) is 0 Å². The van der Waals surface area contributed by atoms with E-state index in [0.717, 1.165) is 6.42 Å². The summed E-state index contributed by atoms with van der Waals surface area (Å²) >= 11 is 5.99. The Kier molecular flexibility index (Phi) is 3.40. The average molecular weight is 296 g/mol. The smallest absolute Gasteiger partial charge is 0.310 e. The molecule has 6 heteroatoms. The lowest BCUT2D eigenvalue weighted by molar-refractivity contribution is -0.147. The standard InChI is InChI=1S/C14H14ClNO4/c15-7-3-1-2-4-8(7)16-13(17)11-9-5-6-10(20-9)12(11)14(18)19/h1-4,9-12H,5-6H2,(H,16,17)(H,18,19)/t9-,10+,11+,12-/m0/s1. The SMILES string of the molecule is O=C(O)[C@@H]1[C@H](C(=O)Nc2ccccc2Cl)[C@@H]2CC[C@H]1O2. The summed E-state index contributed by atoms with van der Waals surface area (Å²) < 4.78 is 5.57. The van der Waals surface area contributed by atoms with Crippen LogP contribution in [0.1, 0.15) is 12.8 Å². The fourth-order valence-corrected chi connectivity index (χ4v) is 3.29. The van der Waals surface area contributed by atoms with Crippen molar-refractivity contribution in [3.8, 4) is 0 Å². The first-order chi connectivity index (χ1) is 9.58. The number of benzene rings is 1. The lowest BCUT2D eigenvalue weighted by atomic mass is 9.78. The Hall–Kier alpha value is -1.59. The van der Waals surface area contributed by atoms with E-state index in [1.165, 1.54) is 0 Å². The zero-order chi connectivity index (χ0) is 14.3. The van der Waals surface area contributed by atoms with E-state index in [0.29, 0.717) is 17.1 Å². The van der Waals surface area contributed by atoms with Crippen LogP contribution in [0.3, 0.4) is 0 Å². The molecule has 2 heterocycles. The van der Waals surface area contributed by atoms with Crippen molar-refractivity contribution in [3.05, 3.63) is 29.3 Å². The van der Waals surface area contributed by atoms with E-state index >= 15 is 0 Å². The third-order valence-corrected chi connectivity index (χ3v) is 4.32. The normalized spacial score (nSPS) is 31.2. The summed E-state index contributed by atoms with van der Waals surface area (Å²) in [5.74, 6) is -2.73. The van der Waals surface area contributed by atoms with Crippen LogP contribution in [-0.4, -0.2) is 29.2 Å². The lowest BCUT2D eigenvalue weighted by Gasteiger charge is -2.24. The minimum absolute atomic E-state index is 0.302. The highest BCUT2D eigenvalue weighted by atomic mass is 35.5. The van der Waals surface area contributed by atoms with E-state index in [1.54, 1.807) is 24.3 Å². The Balaban J connectivity index is 1.80. The third-order valence-electron chi connectivity index (χ3n) is 3.99. The molecule has 0 saturated carbocycles. The van der Waals surface area contributed by atoms with E-state index in [-0.39, 0.29) is 18.1 Å². The Morgan fingerprint density at radius 2 is 1.85 bits per heavy atom. The quantitative estimate of drug-likeness (QED) is 0.896. The molecule has 5 nitrogen and oxygen atoms in total. The first kappa shape index (κ1) is 13.4. The molecule has 20 heavy (non-hydrogen) atoms. The number of rotatable bonds is 3. The maximum atomic E-state index is 12.4. The number of aliphatic carboxylic acids is 1. The Bertz CT molecular complexity index is 562. The van der Waals surface area contributed by atoms with Crippen LogP contribution < -0.4 is 5.32 Å². The monoisotopic (exact) mass is 295 g/mol. The molecule has 0 aromatic heterocycles. The highest BCUT2D eigenvalue weighted by Gasteiger charge is 2.55. The second-order valence-corrected chi connectivity index (χ2v) is 5.56. The van der Waals surface area contributed by atoms with Crippen molar-refractivity contribution in [2.75, 3.05) is 5.32 Å². The molecule has 2 fully saturated rings. The summed E-state index contributed by atoms with van der Waals surface area (Å²) in [5.41, 5.74) is 0.492. The number of hydrogen-bond acceptors (Lipinski definition) is 3. The lowest BCUT2D eigenvalue weighted by Crippen LogP contribution is -2.40. The molecule has 3 rings (SSSR count). The number of carbonyl (C=O) groups is 2. The molecule has 2 saturated heterocycles. The van der Waals surface area contributed by atoms with E-state index in [2.05, 4.69) is 5.32 Å². The highest BCUT2D eigenvalue weighted by Crippen LogP contribution is 2.44. The topological polar surface area (TPSA) is 75.6 Å². The molecular weight excluding hydrogens is 282 g/mol. The van der Waals surface area contributed by atoms with Gasteiger partial charge in [0.2, 0.25) is 5.91 Å². The minimum Gasteiger partial charge on any atom is -0.481 e. The molecule has 1 amide bonds. The summed E-state index contributed by atoms with van der Waals surface area (Å²) in [4.78, 5) is 23.7. The van der Waals surface area contributed by atoms with Crippen LogP contribution in [0.25, 0.3) is 0 Å². The van der Waals surface area contributed by atoms with E-state index < -0.39 is 17.8 Å². The van der Waals surface area contributed by atoms with Crippen molar-refractivity contribution >= 4 is 29.2 Å². The number of amides is 1. The summed E-state index contributed by atoms with van der Waals surface area (Å²) in [6.07, 6.45) is 0.787. The number of anilines is 1. The molecule has 0 radical (unpaired) electrons. The van der Waals surface area contributed by atoms with Crippen molar-refractivity contribution in [2.24, 2.45) is 11.8 Å². The molecular formula is C14H14ClNO4. The first-order valence-corrected chi connectivity index (χ1v) is 6.89. The van der Waals surface area contributed by atoms with Crippen LogP contribution in [0, 0.1) is 11.8 Å². The number of nitrogens with one attached hydrogen (secondary N) is 1. The van der Waals surface area contributed by atoms with Gasteiger partial charge in [-0.3, -0.25) is 9.59 Å². The van der Waals surface area contributed by atoms with Gasteiger partial charge in [0.25, 0.3) is 0 Å². The van der Waals surface area contributed by atoms with E-state index in [9.17, 15) is 14.7 Å². The largest absolute Gasteiger partial charge is 0.481 e. The molecule has 2 N–H and O–H groups in total. The second kappa shape index (κ2) is 5.07. The zero-order valence-electron chi connectivity index (χ0n) is 10.6. The number of fused-ring (bicyclic) bond motifs is 2. The van der Waals surface area contributed by atoms with Crippen LogP contribution in [0.5, 0.6) is 0 Å². The van der Waals surface area contributed by atoms with Crippen LogP contribution in [0.4, 0.5) is 5.69 Å². The van der Waals surface area contributed by atoms with Gasteiger partial charge in [0, 0.05) is 0 Å². The van der Waals surface area contributed by atoms with Gasteiger partial charge in [0.15, 0.2) is 0 Å². The minimum atomic E-state index is -0.975. The Morgan fingerprint density at radius 3 is 2.50 bits per heavy atom. The number of carbonyl (C=O) groups excluding carboxylic acids is 1. The van der Waals surface area contributed by atoms with Gasteiger partial charge in [-0.05, 0) is 25.0 Å². The van der Waals surface area contributed by atoms with Gasteiger partial charge in [-0.1, -0.05) is 23.7 Å². The van der Waals surface area contributed by atoms with Gasteiger partial charge in [0.05, 0.1) is 34.8 Å². The predicted molar refractivity (Wildman–Crippen MR) is 72.6 cm³/mol. The number of carboxylic acids is 1. The Morgan fingerprint density at radius 1 is 1.20 bits per heavy atom. The van der Waals surface area contributed by atoms with Crippen LogP contribution in [0.15, 0.2) is 24.3 Å². The molecule has 2 bridgehead atoms. The van der Waals surface area contributed by atoms with Crippen LogP contribution >= 0.6 is 11.6 Å². The van der Waals surface area contributed by atoms with Crippen molar-refractivity contribution in [1.29, 1.82) is 0 Å². The molecule has 2 aliphatic heterocycles. The zero-order valence-corrected chi connectivity index (χ0v) is 11.3. The number of halogens is 1. The highest BCUT2D eigenvalue weighted by molar-refractivity contribution is 6.33. The summed E-state index contributed by atoms with van der Waals surface area (Å²) in [6, 6.07) is 6.87. The molecule has 2 aliphatic rings. The average Bonchev–Trinajstić information content (AvgIpc) is 3.01. The van der Waals surface area contributed by atoms with Crippen molar-refractivity contribution in [3.63, 3.8) is 0 Å². The number of ether oxygens (including phenoxy) is 1. The maximum Gasteiger partial charge on any atom is 0.310 e. The van der Waals surface area contributed by atoms with Crippen LogP contribution in [-0.2, 0) is 14.3 Å². The first-order valence-electron chi connectivity index (χ1n) is 6.51. The summed E-state index contributed by atoms with van der Waals surface area (Å²) in [5, 5.41) is 12.4. The van der Waals surface area contributed by atoms with E-state index in [4.69, 9.17) is 16.3 Å². The van der Waals surface area contributed by atoms with E-state index in [1.807, 2.05) is 0 Å². The van der Waals surface area contributed by atoms with Gasteiger partial charge in [-0.15, -0.1) is 0 Å². The van der Waals surface area contributed by atoms with Crippen molar-refractivity contribution in [1.82, 2.24) is 0 Å². The molecule has 1 aromatic carbocycles. The molecule has 106 valence electrons. The van der Waals surface area contributed by atoms with Crippen molar-refractivity contribution in [2.45, 2.75) is 25.0 Å². The fraction of sp³-hybridized carbons (Fsp3) is 0.429. The molecule has 1 aromatic rings. The Labute approximate surface area is 120 Å². The molecule has 4 atom stereocenters. The van der Waals surface area contributed by atoms with Gasteiger partial charge in [-0.25, -0.2) is 0 Å². The third kappa shape index (κ3) is 2.17. The second-order valence-electron chi connectivity index (χ2n) is 5.15. The summed E-state index contributed by atoms with van der Waals surface area (Å²) in [7, 11) is 0. The van der Waals surface area contributed by atoms with Crippen molar-refractivity contribution < 1.29 is 19.4 Å². The molecule has 0 unspecified atom stereocenters.